The molecule has 10 heteroatoms. The van der Waals surface area contributed by atoms with E-state index in [0.717, 1.165) is 5.69 Å². The second-order valence-corrected chi connectivity index (χ2v) is 7.08. The van der Waals surface area contributed by atoms with Crippen LogP contribution in [0.3, 0.4) is 0 Å². The largest absolute Gasteiger partial charge is 0.397 e. The minimum absolute atomic E-state index is 0.309. The summed E-state index contributed by atoms with van der Waals surface area (Å²) < 4.78 is 30.6. The van der Waals surface area contributed by atoms with E-state index in [1.807, 2.05) is 48.5 Å². The van der Waals surface area contributed by atoms with Crippen LogP contribution in [0.15, 0.2) is 105 Å². The third kappa shape index (κ3) is 7.13. The molecule has 0 fully saturated rings. The van der Waals surface area contributed by atoms with Crippen molar-refractivity contribution in [2.75, 3.05) is 5.73 Å². The smallest absolute Gasteiger partial charge is 0.294 e. The van der Waals surface area contributed by atoms with Gasteiger partial charge in [0.05, 0.1) is 11.4 Å². The summed E-state index contributed by atoms with van der Waals surface area (Å²) >= 11 is 0. The van der Waals surface area contributed by atoms with E-state index in [1.165, 1.54) is 12.1 Å². The summed E-state index contributed by atoms with van der Waals surface area (Å²) in [4.78, 5) is 0. The molecule has 0 aliphatic heterocycles. The van der Waals surface area contributed by atoms with Crippen molar-refractivity contribution in [3.63, 3.8) is 0 Å². The molecule has 0 aliphatic rings. The Hall–Kier alpha value is -3.63. The summed E-state index contributed by atoms with van der Waals surface area (Å²) in [6.07, 6.45) is 0. The molecule has 1 unspecified atom stereocenters. The van der Waals surface area contributed by atoms with Gasteiger partial charge in [0.15, 0.2) is 0 Å². The van der Waals surface area contributed by atoms with Crippen molar-refractivity contribution in [1.82, 2.24) is 0 Å². The van der Waals surface area contributed by atoms with E-state index < -0.39 is 15.5 Å². The Morgan fingerprint density at radius 3 is 1.90 bits per heavy atom. The summed E-state index contributed by atoms with van der Waals surface area (Å²) in [5.74, 6) is 4.75. The van der Waals surface area contributed by atoms with Gasteiger partial charge < -0.3 is 11.6 Å². The van der Waals surface area contributed by atoms with Crippen LogP contribution in [0, 0.1) is 0 Å². The lowest BCUT2D eigenvalue weighted by Gasteiger charge is -2.06. The lowest BCUT2D eigenvalue weighted by Crippen LogP contribution is -2.09. The predicted octanol–water partition coefficient (Wildman–Crippen LogP) is 4.58. The maximum absolute atomic E-state index is 10.9. The van der Waals surface area contributed by atoms with Gasteiger partial charge in [-0.3, -0.25) is 4.55 Å². The minimum atomic E-state index is -4.32. The van der Waals surface area contributed by atoms with Crippen LogP contribution in [0.1, 0.15) is 10.9 Å². The highest BCUT2D eigenvalue weighted by Crippen LogP contribution is 2.23. The number of anilines is 1. The van der Waals surface area contributed by atoms with Gasteiger partial charge in [0, 0.05) is 0 Å². The van der Waals surface area contributed by atoms with Gasteiger partial charge in [-0.15, -0.1) is 10.2 Å². The Balaban J connectivity index is 0.000000208. The van der Waals surface area contributed by atoms with Crippen LogP contribution in [0.5, 0.6) is 0 Å². The van der Waals surface area contributed by atoms with Gasteiger partial charge in [0.1, 0.15) is 5.69 Å². The summed E-state index contributed by atoms with van der Waals surface area (Å²) in [5, 5.41) is 12.8. The van der Waals surface area contributed by atoms with Crippen molar-refractivity contribution in [1.29, 1.82) is 0 Å². The van der Waals surface area contributed by atoms with Crippen LogP contribution in [0.25, 0.3) is 0 Å². The first kappa shape index (κ1) is 21.7. The van der Waals surface area contributed by atoms with E-state index in [2.05, 4.69) is 20.6 Å². The summed E-state index contributed by atoms with van der Waals surface area (Å²) in [5.41, 5.74) is 8.19. The fourth-order valence-electron chi connectivity index (χ4n) is 2.16. The molecule has 0 spiro atoms. The fourth-order valence-corrected chi connectivity index (χ4v) is 2.84. The summed E-state index contributed by atoms with van der Waals surface area (Å²) in [6.45, 7) is 0. The Labute approximate surface area is 168 Å². The number of para-hydroxylation sites is 1. The first-order valence-electron chi connectivity index (χ1n) is 8.34. The molecule has 3 aromatic rings. The van der Waals surface area contributed by atoms with E-state index in [4.69, 9.17) is 16.1 Å². The number of benzene rings is 3. The van der Waals surface area contributed by atoms with Crippen LogP contribution >= 0.6 is 0 Å². The lowest BCUT2D eigenvalue weighted by molar-refractivity contribution is 0.467. The van der Waals surface area contributed by atoms with E-state index in [0.29, 0.717) is 16.9 Å². The standard InChI is InChI=1S/C12H11N3.C7H9N3O3S/c13-11-8-4-5-9-12(11)15-14-10-6-2-1-3-7-10;8-10-9-7(14(11,12)13)6-4-2-1-3-5-6/h1-9H,13H2;1-5,7H,(H2,8,9)(H,11,12,13). The molecular formula is C19H20N6O3S. The van der Waals surface area contributed by atoms with E-state index in [-0.39, 0.29) is 0 Å². The number of nitrogens with two attached hydrogens (primary N) is 2. The average Bonchev–Trinajstić information content (AvgIpc) is 2.72. The van der Waals surface area contributed by atoms with Crippen LogP contribution < -0.4 is 11.6 Å². The van der Waals surface area contributed by atoms with E-state index >= 15 is 0 Å². The van der Waals surface area contributed by atoms with Gasteiger partial charge >= 0.3 is 0 Å². The SMILES string of the molecule is NN=NC(c1ccccc1)S(=O)(=O)O.Nc1ccccc1N=Nc1ccccc1. The van der Waals surface area contributed by atoms with Crippen LogP contribution in [-0.4, -0.2) is 13.0 Å². The molecule has 0 bridgehead atoms. The van der Waals surface area contributed by atoms with Gasteiger partial charge in [0.2, 0.25) is 5.37 Å². The summed E-state index contributed by atoms with van der Waals surface area (Å²) in [6, 6.07) is 24.9. The highest BCUT2D eigenvalue weighted by Gasteiger charge is 2.24. The molecule has 29 heavy (non-hydrogen) atoms. The summed E-state index contributed by atoms with van der Waals surface area (Å²) in [7, 11) is -4.32. The van der Waals surface area contributed by atoms with Crippen molar-refractivity contribution in [3.05, 3.63) is 90.5 Å². The Bertz CT molecular complexity index is 1060. The minimum Gasteiger partial charge on any atom is -0.397 e. The van der Waals surface area contributed by atoms with Crippen molar-refractivity contribution >= 4 is 27.2 Å². The number of nitrogens with zero attached hydrogens (tertiary/aromatic N) is 4. The molecule has 0 saturated heterocycles. The Morgan fingerprint density at radius 1 is 0.793 bits per heavy atom. The molecule has 0 heterocycles. The molecule has 0 aromatic heterocycles. The first-order chi connectivity index (χ1) is 13.9. The molecule has 150 valence electrons. The van der Waals surface area contributed by atoms with Gasteiger partial charge in [0.25, 0.3) is 10.1 Å². The second kappa shape index (κ2) is 10.6. The zero-order valence-corrected chi connectivity index (χ0v) is 16.1. The molecule has 5 N–H and O–H groups in total. The molecule has 0 aliphatic carbocycles. The maximum atomic E-state index is 10.9. The van der Waals surface area contributed by atoms with Crippen molar-refractivity contribution < 1.29 is 13.0 Å². The third-order valence-corrected chi connectivity index (χ3v) is 4.44. The number of azo groups is 1. The molecule has 1 atom stereocenters. The zero-order chi connectivity index (χ0) is 21.1. The Kier molecular flexibility index (Phi) is 7.95. The maximum Gasteiger partial charge on any atom is 0.294 e. The molecule has 0 saturated carbocycles. The average molecular weight is 412 g/mol. The molecule has 0 amide bonds. The van der Waals surface area contributed by atoms with Crippen LogP contribution in [0.2, 0.25) is 0 Å². The fraction of sp³-hybridized carbons (Fsp3) is 0.0526. The highest BCUT2D eigenvalue weighted by atomic mass is 32.2. The van der Waals surface area contributed by atoms with E-state index in [1.54, 1.807) is 24.3 Å². The third-order valence-electron chi connectivity index (χ3n) is 3.50. The highest BCUT2D eigenvalue weighted by molar-refractivity contribution is 7.86. The van der Waals surface area contributed by atoms with Gasteiger partial charge in [-0.2, -0.15) is 13.5 Å². The predicted molar refractivity (Wildman–Crippen MR) is 111 cm³/mol. The molecule has 3 aromatic carbocycles. The van der Waals surface area contributed by atoms with Crippen molar-refractivity contribution in [2.45, 2.75) is 5.37 Å². The van der Waals surface area contributed by atoms with Crippen LogP contribution in [0.4, 0.5) is 17.1 Å². The van der Waals surface area contributed by atoms with Crippen molar-refractivity contribution in [2.24, 2.45) is 26.4 Å². The molecule has 0 radical (unpaired) electrons. The second-order valence-electron chi connectivity index (χ2n) is 5.60. The van der Waals surface area contributed by atoms with Crippen molar-refractivity contribution in [3.8, 4) is 0 Å². The van der Waals surface area contributed by atoms with E-state index in [9.17, 15) is 8.42 Å². The normalized spacial score (nSPS) is 12.4. The molecule has 3 rings (SSSR count). The van der Waals surface area contributed by atoms with Gasteiger partial charge in [-0.05, 0) is 29.8 Å². The van der Waals surface area contributed by atoms with Crippen LogP contribution in [-0.2, 0) is 10.1 Å². The molecular weight excluding hydrogens is 392 g/mol. The first-order valence-corrected chi connectivity index (χ1v) is 9.84. The quantitative estimate of drug-likeness (QED) is 0.184. The monoisotopic (exact) mass is 412 g/mol. The number of hydrogen-bond acceptors (Lipinski definition) is 7. The number of hydrogen-bond donors (Lipinski definition) is 3. The Morgan fingerprint density at radius 2 is 1.34 bits per heavy atom. The number of rotatable bonds is 5. The molecule has 9 nitrogen and oxygen atoms in total. The van der Waals surface area contributed by atoms with Gasteiger partial charge in [-0.1, -0.05) is 65.9 Å². The lowest BCUT2D eigenvalue weighted by atomic mass is 10.2. The zero-order valence-electron chi connectivity index (χ0n) is 15.3. The van der Waals surface area contributed by atoms with Gasteiger partial charge in [-0.25, -0.2) is 0 Å². The topological polar surface area (TPSA) is 156 Å². The number of nitrogen functional groups attached to an aromatic ring is 1.